The van der Waals surface area contributed by atoms with E-state index in [-0.39, 0.29) is 11.0 Å². The lowest BCUT2D eigenvalue weighted by atomic mass is 10.3. The van der Waals surface area contributed by atoms with E-state index in [1.807, 2.05) is 0 Å². The van der Waals surface area contributed by atoms with Gasteiger partial charge in [0.05, 0.1) is 11.9 Å². The van der Waals surface area contributed by atoms with E-state index < -0.39 is 9.84 Å². The summed E-state index contributed by atoms with van der Waals surface area (Å²) >= 11 is 0. The Morgan fingerprint density at radius 2 is 2.20 bits per heavy atom. The first-order valence-corrected chi connectivity index (χ1v) is 7.46. The number of anilines is 1. The number of fused-ring (bicyclic) bond motifs is 1. The third-order valence-electron chi connectivity index (χ3n) is 2.77. The maximum absolute atomic E-state index is 12.2. The molecule has 0 saturated carbocycles. The van der Waals surface area contributed by atoms with Crippen LogP contribution in [0, 0.1) is 0 Å². The normalized spacial score (nSPS) is 12.1. The summed E-state index contributed by atoms with van der Waals surface area (Å²) in [6.07, 6.45) is 3.14. The number of rotatable bonds is 3. The summed E-state index contributed by atoms with van der Waals surface area (Å²) in [5, 5.41) is 3.63. The van der Waals surface area contributed by atoms with Crippen LogP contribution in [0.4, 0.5) is 5.69 Å². The smallest absolute Gasteiger partial charge is 0.316 e. The molecule has 0 atom stereocenters. The van der Waals surface area contributed by atoms with Crippen LogP contribution < -0.4 is 5.73 Å². The Bertz CT molecular complexity index is 879. The molecule has 0 radical (unpaired) electrons. The van der Waals surface area contributed by atoms with Crippen LogP contribution in [-0.4, -0.2) is 23.2 Å². The van der Waals surface area contributed by atoms with E-state index in [0.29, 0.717) is 22.4 Å². The number of benzene rings is 1. The van der Waals surface area contributed by atoms with Crippen LogP contribution in [0.1, 0.15) is 5.56 Å². The number of nitrogen functional groups attached to an aromatic ring is 1. The Kier molecular flexibility index (Phi) is 2.75. The van der Waals surface area contributed by atoms with Crippen LogP contribution in [0.5, 0.6) is 0 Å². The highest BCUT2D eigenvalue weighted by molar-refractivity contribution is 7.90. The Morgan fingerprint density at radius 3 is 2.90 bits per heavy atom. The molecule has 1 aromatic carbocycles. The average Bonchev–Trinajstić information content (AvgIpc) is 2.95. The fraction of sp³-hybridized carbons (Fsp3) is 0.167. The summed E-state index contributed by atoms with van der Waals surface area (Å²) in [7, 11) is -1.93. The van der Waals surface area contributed by atoms with Gasteiger partial charge in [0.15, 0.2) is 5.58 Å². The van der Waals surface area contributed by atoms with E-state index in [2.05, 4.69) is 10.1 Å². The molecule has 2 heterocycles. The minimum absolute atomic E-state index is 0.205. The Balaban J connectivity index is 2.00. The monoisotopic (exact) mass is 292 g/mol. The van der Waals surface area contributed by atoms with Crippen LogP contribution in [0.3, 0.4) is 0 Å². The number of sulfone groups is 1. The first-order valence-electron chi connectivity index (χ1n) is 5.80. The zero-order chi connectivity index (χ0) is 14.3. The van der Waals surface area contributed by atoms with Crippen molar-refractivity contribution >= 4 is 26.6 Å². The SMILES string of the molecule is Cn1cc(CS(=O)(=O)c2nc3ccc(N)cc3o2)cn1. The summed E-state index contributed by atoms with van der Waals surface area (Å²) in [6, 6.07) is 4.81. The zero-order valence-electron chi connectivity index (χ0n) is 10.6. The number of nitrogens with two attached hydrogens (primary N) is 1. The molecule has 0 spiro atoms. The van der Waals surface area contributed by atoms with Crippen LogP contribution in [0.25, 0.3) is 11.1 Å². The van der Waals surface area contributed by atoms with E-state index >= 15 is 0 Å². The van der Waals surface area contributed by atoms with Gasteiger partial charge in [-0.15, -0.1) is 0 Å². The molecule has 0 aliphatic carbocycles. The van der Waals surface area contributed by atoms with E-state index in [1.54, 1.807) is 31.4 Å². The second kappa shape index (κ2) is 4.34. The summed E-state index contributed by atoms with van der Waals surface area (Å²) in [5.41, 5.74) is 7.51. The van der Waals surface area contributed by atoms with Gasteiger partial charge in [-0.25, -0.2) is 8.42 Å². The third kappa shape index (κ3) is 2.25. The molecule has 0 fully saturated rings. The van der Waals surface area contributed by atoms with Crippen molar-refractivity contribution in [1.29, 1.82) is 0 Å². The van der Waals surface area contributed by atoms with Crippen molar-refractivity contribution in [3.8, 4) is 0 Å². The van der Waals surface area contributed by atoms with Gasteiger partial charge in [0.1, 0.15) is 5.52 Å². The fourth-order valence-electron chi connectivity index (χ4n) is 1.88. The molecule has 104 valence electrons. The highest BCUT2D eigenvalue weighted by atomic mass is 32.2. The Hall–Kier alpha value is -2.35. The van der Waals surface area contributed by atoms with Crippen molar-refractivity contribution in [3.05, 3.63) is 36.2 Å². The van der Waals surface area contributed by atoms with Crippen LogP contribution in [0.15, 0.2) is 40.2 Å². The minimum Gasteiger partial charge on any atom is -0.428 e. The van der Waals surface area contributed by atoms with Crippen molar-refractivity contribution in [3.63, 3.8) is 0 Å². The maximum Gasteiger partial charge on any atom is 0.316 e. The van der Waals surface area contributed by atoms with Crippen molar-refractivity contribution in [2.24, 2.45) is 7.05 Å². The number of nitrogens with zero attached hydrogens (tertiary/aromatic N) is 3. The number of aromatic nitrogens is 3. The van der Waals surface area contributed by atoms with E-state index in [9.17, 15) is 8.42 Å². The molecule has 0 aliphatic heterocycles. The largest absolute Gasteiger partial charge is 0.428 e. The molecule has 20 heavy (non-hydrogen) atoms. The molecule has 0 saturated heterocycles. The molecule has 8 heteroatoms. The van der Waals surface area contributed by atoms with Crippen LogP contribution in [0.2, 0.25) is 0 Å². The lowest BCUT2D eigenvalue weighted by Crippen LogP contribution is -2.04. The average molecular weight is 292 g/mol. The lowest BCUT2D eigenvalue weighted by molar-refractivity contribution is 0.458. The molecular weight excluding hydrogens is 280 g/mol. The number of hydrogen-bond donors (Lipinski definition) is 1. The molecule has 3 rings (SSSR count). The third-order valence-corrected chi connectivity index (χ3v) is 4.19. The van der Waals surface area contributed by atoms with Gasteiger partial charge < -0.3 is 10.2 Å². The molecule has 2 N–H and O–H groups in total. The van der Waals surface area contributed by atoms with Crippen molar-refractivity contribution in [2.75, 3.05) is 5.73 Å². The Morgan fingerprint density at radius 1 is 1.40 bits per heavy atom. The standard InChI is InChI=1S/C12H12N4O3S/c1-16-6-8(5-14-16)7-20(17,18)12-15-10-3-2-9(13)4-11(10)19-12/h2-6H,7,13H2,1H3. The van der Waals surface area contributed by atoms with Gasteiger partial charge in [-0.3, -0.25) is 4.68 Å². The highest BCUT2D eigenvalue weighted by Gasteiger charge is 2.23. The first-order chi connectivity index (χ1) is 9.44. The predicted molar refractivity (Wildman–Crippen MR) is 72.5 cm³/mol. The van der Waals surface area contributed by atoms with E-state index in [0.717, 1.165) is 0 Å². The molecule has 0 amide bonds. The summed E-state index contributed by atoms with van der Waals surface area (Å²) in [5.74, 6) is -0.205. The first kappa shape index (κ1) is 12.7. The molecular formula is C12H12N4O3S. The second-order valence-corrected chi connectivity index (χ2v) is 6.36. The Labute approximate surface area is 114 Å². The molecule has 2 aromatic heterocycles. The van der Waals surface area contributed by atoms with Gasteiger partial charge in [-0.1, -0.05) is 0 Å². The van der Waals surface area contributed by atoms with Gasteiger partial charge >= 0.3 is 5.22 Å². The van der Waals surface area contributed by atoms with Gasteiger partial charge in [0.25, 0.3) is 0 Å². The van der Waals surface area contributed by atoms with Crippen molar-refractivity contribution in [1.82, 2.24) is 14.8 Å². The quantitative estimate of drug-likeness (QED) is 0.725. The summed E-state index contributed by atoms with van der Waals surface area (Å²) in [4.78, 5) is 3.99. The van der Waals surface area contributed by atoms with Gasteiger partial charge in [-0.05, 0) is 12.1 Å². The van der Waals surface area contributed by atoms with Crippen molar-refractivity contribution < 1.29 is 12.8 Å². The molecule has 0 aliphatic rings. The number of hydrogen-bond acceptors (Lipinski definition) is 6. The molecule has 7 nitrogen and oxygen atoms in total. The second-order valence-electron chi connectivity index (χ2n) is 4.49. The number of oxazole rings is 1. The fourth-order valence-corrected chi connectivity index (χ4v) is 3.05. The maximum atomic E-state index is 12.2. The van der Waals surface area contributed by atoms with Crippen LogP contribution >= 0.6 is 0 Å². The van der Waals surface area contributed by atoms with Crippen molar-refractivity contribution in [2.45, 2.75) is 11.0 Å². The highest BCUT2D eigenvalue weighted by Crippen LogP contribution is 2.23. The predicted octanol–water partition coefficient (Wildman–Crippen LogP) is 1.12. The van der Waals surface area contributed by atoms with Crippen LogP contribution in [-0.2, 0) is 22.6 Å². The lowest BCUT2D eigenvalue weighted by Gasteiger charge is -1.96. The van der Waals surface area contributed by atoms with Gasteiger partial charge in [-0.2, -0.15) is 10.1 Å². The molecule has 0 unspecified atom stereocenters. The summed E-state index contributed by atoms with van der Waals surface area (Å²) in [6.45, 7) is 0. The zero-order valence-corrected chi connectivity index (χ0v) is 11.5. The van der Waals surface area contributed by atoms with E-state index in [1.165, 1.54) is 10.9 Å². The van der Waals surface area contributed by atoms with E-state index in [4.69, 9.17) is 10.2 Å². The molecule has 0 bridgehead atoms. The molecule has 3 aromatic rings. The topological polar surface area (TPSA) is 104 Å². The number of aryl methyl sites for hydroxylation is 1. The summed E-state index contributed by atoms with van der Waals surface area (Å²) < 4.78 is 31.3. The van der Waals surface area contributed by atoms with Gasteiger partial charge in [0.2, 0.25) is 9.84 Å². The van der Waals surface area contributed by atoms with Gasteiger partial charge in [0, 0.05) is 30.6 Å². The minimum atomic E-state index is -3.65.